The number of aryl methyl sites for hydroxylation is 3. The number of carbonyl (C=O) groups excluding carboxylic acids is 2. The highest BCUT2D eigenvalue weighted by atomic mass is 32.2. The molecule has 1 aromatic heterocycles. The van der Waals surface area contributed by atoms with Crippen molar-refractivity contribution in [3.63, 3.8) is 0 Å². The Kier molecular flexibility index (Phi) is 5.67. The molecule has 0 aliphatic carbocycles. The van der Waals surface area contributed by atoms with Crippen LogP contribution in [0.3, 0.4) is 0 Å². The van der Waals surface area contributed by atoms with Crippen molar-refractivity contribution in [2.75, 3.05) is 0 Å². The van der Waals surface area contributed by atoms with Gasteiger partial charge >= 0.3 is 12.1 Å². The van der Waals surface area contributed by atoms with E-state index in [1.165, 1.54) is 12.1 Å². The molecule has 0 spiro atoms. The quantitative estimate of drug-likeness (QED) is 0.457. The Hall–Kier alpha value is -3.20. The maximum atomic E-state index is 13.5. The predicted octanol–water partition coefficient (Wildman–Crippen LogP) is 3.90. The second kappa shape index (κ2) is 7.91. The Morgan fingerprint density at radius 1 is 1.03 bits per heavy atom. The van der Waals surface area contributed by atoms with Crippen LogP contribution in [-0.2, 0) is 19.5 Å². The minimum absolute atomic E-state index is 0.112. The van der Waals surface area contributed by atoms with E-state index in [-0.39, 0.29) is 21.5 Å². The fourth-order valence-electron chi connectivity index (χ4n) is 3.37. The van der Waals surface area contributed by atoms with Crippen molar-refractivity contribution in [2.45, 2.75) is 45.6 Å². The van der Waals surface area contributed by atoms with Gasteiger partial charge in [0.2, 0.25) is 0 Å². The zero-order valence-electron chi connectivity index (χ0n) is 17.3. The number of carbonyl (C=O) groups is 2. The lowest BCUT2D eigenvalue weighted by Gasteiger charge is -2.12. The van der Waals surface area contributed by atoms with Gasteiger partial charge in [-0.3, -0.25) is 0 Å². The molecular weight excluding hydrogens is 408 g/mol. The molecule has 1 heterocycles. The summed E-state index contributed by atoms with van der Waals surface area (Å²) in [7, 11) is -4.12. The van der Waals surface area contributed by atoms with Gasteiger partial charge in [-0.2, -0.15) is 12.5 Å². The number of esters is 1. The van der Waals surface area contributed by atoms with E-state index in [1.54, 1.807) is 52.0 Å². The van der Waals surface area contributed by atoms with Crippen LogP contribution in [0.5, 0.6) is 0 Å². The Morgan fingerprint density at radius 2 is 1.63 bits per heavy atom. The third-order valence-corrected chi connectivity index (χ3v) is 6.24. The van der Waals surface area contributed by atoms with E-state index in [9.17, 15) is 18.0 Å². The molecule has 0 atom stereocenters. The Labute approximate surface area is 174 Å². The van der Waals surface area contributed by atoms with Gasteiger partial charge in [0.05, 0.1) is 16.5 Å². The molecule has 3 aromatic rings. The van der Waals surface area contributed by atoms with Crippen molar-refractivity contribution in [2.24, 2.45) is 0 Å². The van der Waals surface area contributed by atoms with Gasteiger partial charge in [0.1, 0.15) is 0 Å². The van der Waals surface area contributed by atoms with Crippen LogP contribution in [0.2, 0.25) is 0 Å². The topological polar surface area (TPSA) is 105 Å². The predicted molar refractivity (Wildman–Crippen MR) is 110 cm³/mol. The molecular formula is C21H22N2O6S. The minimum Gasteiger partial charge on any atom is -0.431 e. The molecule has 8 nitrogen and oxygen atoms in total. The van der Waals surface area contributed by atoms with Crippen molar-refractivity contribution in [1.29, 1.82) is 0 Å². The van der Waals surface area contributed by atoms with E-state index in [0.29, 0.717) is 11.1 Å². The Bertz CT molecular complexity index is 1230. The molecule has 0 unspecified atom stereocenters. The summed E-state index contributed by atoms with van der Waals surface area (Å²) in [5.41, 5.74) is 1.97. The maximum absolute atomic E-state index is 13.5. The van der Waals surface area contributed by atoms with E-state index in [0.717, 1.165) is 9.65 Å². The van der Waals surface area contributed by atoms with Crippen LogP contribution in [0.1, 0.15) is 41.0 Å². The fourth-order valence-corrected chi connectivity index (χ4v) is 5.09. The summed E-state index contributed by atoms with van der Waals surface area (Å²) in [4.78, 5) is 24.3. The third-order valence-electron chi connectivity index (χ3n) is 4.35. The highest BCUT2D eigenvalue weighted by Crippen LogP contribution is 2.28. The summed E-state index contributed by atoms with van der Waals surface area (Å²) in [5, 5.41) is 4.26. The number of nitrogens with zero attached hydrogens (tertiary/aromatic N) is 2. The lowest BCUT2D eigenvalue weighted by molar-refractivity contribution is 0.0280. The van der Waals surface area contributed by atoms with E-state index >= 15 is 0 Å². The molecule has 0 amide bonds. The molecule has 3 rings (SSSR count). The van der Waals surface area contributed by atoms with E-state index < -0.39 is 28.3 Å². The van der Waals surface area contributed by atoms with Crippen LogP contribution < -0.4 is 0 Å². The van der Waals surface area contributed by atoms with Gasteiger partial charge in [-0.05, 0) is 51.8 Å². The molecule has 0 saturated heterocycles. The fraction of sp³-hybridized carbons (Fsp3) is 0.286. The summed E-state index contributed by atoms with van der Waals surface area (Å²) >= 11 is 0. The zero-order valence-corrected chi connectivity index (χ0v) is 18.1. The van der Waals surface area contributed by atoms with Gasteiger partial charge in [-0.15, -0.1) is 5.10 Å². The lowest BCUT2D eigenvalue weighted by Crippen LogP contribution is -2.20. The highest BCUT2D eigenvalue weighted by Gasteiger charge is 2.29. The molecule has 0 bridgehead atoms. The molecule has 0 saturated carbocycles. The number of benzene rings is 2. The maximum Gasteiger partial charge on any atom is 0.516 e. The SMILES string of the molecule is Cc1cc(C)c(S(=O)(=O)n2nc(C(=O)OC(=O)OC(C)C)c3ccccc32)c(C)c1. The normalized spacial score (nSPS) is 11.7. The third kappa shape index (κ3) is 3.93. The van der Waals surface area contributed by atoms with Crippen LogP contribution >= 0.6 is 0 Å². The van der Waals surface area contributed by atoms with E-state index in [2.05, 4.69) is 9.84 Å². The largest absolute Gasteiger partial charge is 0.516 e. The Balaban J connectivity index is 2.15. The molecule has 30 heavy (non-hydrogen) atoms. The van der Waals surface area contributed by atoms with Crippen molar-refractivity contribution in [1.82, 2.24) is 9.19 Å². The average molecular weight is 430 g/mol. The van der Waals surface area contributed by atoms with Gasteiger partial charge in [0.15, 0.2) is 5.69 Å². The van der Waals surface area contributed by atoms with E-state index in [4.69, 9.17) is 4.74 Å². The highest BCUT2D eigenvalue weighted by molar-refractivity contribution is 7.90. The second-order valence-electron chi connectivity index (χ2n) is 7.25. The zero-order chi connectivity index (χ0) is 22.2. The van der Waals surface area contributed by atoms with Crippen molar-refractivity contribution >= 4 is 33.1 Å². The number of para-hydroxylation sites is 1. The van der Waals surface area contributed by atoms with Crippen molar-refractivity contribution in [3.8, 4) is 0 Å². The first-order valence-electron chi connectivity index (χ1n) is 9.26. The molecule has 0 aliphatic heterocycles. The molecule has 158 valence electrons. The summed E-state index contributed by atoms with van der Waals surface area (Å²) in [6.07, 6.45) is -1.66. The molecule has 0 fully saturated rings. The van der Waals surface area contributed by atoms with Gasteiger partial charge in [0, 0.05) is 5.39 Å². The van der Waals surface area contributed by atoms with Crippen LogP contribution in [0.15, 0.2) is 41.3 Å². The van der Waals surface area contributed by atoms with Gasteiger partial charge < -0.3 is 9.47 Å². The molecule has 0 N–H and O–H groups in total. The molecule has 0 aliphatic rings. The van der Waals surface area contributed by atoms with Crippen LogP contribution in [0.25, 0.3) is 10.9 Å². The van der Waals surface area contributed by atoms with Crippen LogP contribution in [-0.4, -0.2) is 35.8 Å². The summed E-state index contributed by atoms with van der Waals surface area (Å²) in [6, 6.07) is 9.86. The van der Waals surface area contributed by atoms with Gasteiger partial charge in [0.25, 0.3) is 10.0 Å². The number of ether oxygens (including phenoxy) is 2. The number of hydrogen-bond acceptors (Lipinski definition) is 7. The first kappa shape index (κ1) is 21.5. The molecule has 2 aromatic carbocycles. The monoisotopic (exact) mass is 430 g/mol. The van der Waals surface area contributed by atoms with Crippen LogP contribution in [0, 0.1) is 20.8 Å². The number of hydrogen-bond donors (Lipinski definition) is 0. The van der Waals surface area contributed by atoms with Gasteiger partial charge in [-0.1, -0.05) is 35.9 Å². The van der Waals surface area contributed by atoms with Crippen molar-refractivity contribution < 1.29 is 27.5 Å². The minimum atomic E-state index is -4.12. The number of fused-ring (bicyclic) bond motifs is 1. The van der Waals surface area contributed by atoms with Gasteiger partial charge in [-0.25, -0.2) is 9.59 Å². The first-order chi connectivity index (χ1) is 14.0. The second-order valence-corrected chi connectivity index (χ2v) is 8.95. The summed E-state index contributed by atoms with van der Waals surface area (Å²) in [6.45, 7) is 8.50. The number of rotatable bonds is 4. The molecule has 9 heteroatoms. The smallest absolute Gasteiger partial charge is 0.431 e. The standard InChI is InChI=1S/C21H22N2O6S/c1-12(2)28-21(25)29-20(24)18-16-8-6-7-9-17(16)23(22-18)30(26,27)19-14(4)10-13(3)11-15(19)5/h6-12H,1-5H3. The van der Waals surface area contributed by atoms with E-state index in [1.807, 2.05) is 6.92 Å². The first-order valence-corrected chi connectivity index (χ1v) is 10.7. The molecule has 0 radical (unpaired) electrons. The number of aromatic nitrogens is 2. The van der Waals surface area contributed by atoms with Crippen molar-refractivity contribution in [3.05, 3.63) is 58.8 Å². The summed E-state index contributed by atoms with van der Waals surface area (Å²) in [5.74, 6) is -1.09. The Morgan fingerprint density at radius 3 is 2.23 bits per heavy atom. The summed E-state index contributed by atoms with van der Waals surface area (Å²) < 4.78 is 37.2. The van der Waals surface area contributed by atoms with Crippen LogP contribution in [0.4, 0.5) is 4.79 Å². The lowest BCUT2D eigenvalue weighted by atomic mass is 10.1. The average Bonchev–Trinajstić information content (AvgIpc) is 3.00.